The molecule has 1 N–H and O–H groups in total. The van der Waals surface area contributed by atoms with Gasteiger partial charge < -0.3 is 5.32 Å². The zero-order valence-corrected chi connectivity index (χ0v) is 15.2. The first-order chi connectivity index (χ1) is 12.0. The number of amides is 1. The number of carbonyl (C=O) groups excluding carboxylic acids is 1. The Morgan fingerprint density at radius 2 is 1.84 bits per heavy atom. The molecule has 2 aromatic rings. The first-order valence-electron chi connectivity index (χ1n) is 8.25. The van der Waals surface area contributed by atoms with Gasteiger partial charge in [0.25, 0.3) is 0 Å². The molecule has 0 radical (unpaired) electrons. The molecule has 0 spiro atoms. The summed E-state index contributed by atoms with van der Waals surface area (Å²) in [5.74, 6) is -0.306. The van der Waals surface area contributed by atoms with Crippen LogP contribution in [0.1, 0.15) is 18.4 Å². The molecule has 25 heavy (non-hydrogen) atoms. The zero-order chi connectivity index (χ0) is 17.8. The summed E-state index contributed by atoms with van der Waals surface area (Å²) >= 11 is 12.1. The summed E-state index contributed by atoms with van der Waals surface area (Å²) in [6, 6.07) is 12.0. The molecule has 3 rings (SSSR count). The van der Waals surface area contributed by atoms with Gasteiger partial charge in [0.15, 0.2) is 0 Å². The average molecular weight is 381 g/mol. The van der Waals surface area contributed by atoms with Crippen molar-refractivity contribution < 1.29 is 9.18 Å². The Kier molecular flexibility index (Phi) is 5.94. The molecule has 0 saturated carbocycles. The molecule has 132 valence electrons. The predicted molar refractivity (Wildman–Crippen MR) is 99.5 cm³/mol. The summed E-state index contributed by atoms with van der Waals surface area (Å²) < 4.78 is 13.7. The molecule has 1 aliphatic heterocycles. The van der Waals surface area contributed by atoms with E-state index in [9.17, 15) is 9.18 Å². The second-order valence-electron chi connectivity index (χ2n) is 6.23. The first-order valence-corrected chi connectivity index (χ1v) is 9.01. The van der Waals surface area contributed by atoms with E-state index in [0.717, 1.165) is 25.9 Å². The van der Waals surface area contributed by atoms with Crippen LogP contribution in [0.25, 0.3) is 0 Å². The van der Waals surface area contributed by atoms with Gasteiger partial charge in [-0.25, -0.2) is 4.39 Å². The van der Waals surface area contributed by atoms with Crippen LogP contribution in [0.2, 0.25) is 10.0 Å². The van der Waals surface area contributed by atoms with E-state index in [0.29, 0.717) is 27.8 Å². The van der Waals surface area contributed by atoms with Gasteiger partial charge in [-0.05, 0) is 44.1 Å². The lowest BCUT2D eigenvalue weighted by Gasteiger charge is -2.31. The quantitative estimate of drug-likeness (QED) is 0.810. The topological polar surface area (TPSA) is 32.3 Å². The first kappa shape index (κ1) is 18.2. The highest BCUT2D eigenvalue weighted by atomic mass is 35.5. The average Bonchev–Trinajstić information content (AvgIpc) is 2.61. The van der Waals surface area contributed by atoms with Gasteiger partial charge in [0.2, 0.25) is 5.91 Å². The Labute approximate surface area is 156 Å². The van der Waals surface area contributed by atoms with Crippen molar-refractivity contribution in [2.24, 2.45) is 5.92 Å². The lowest BCUT2D eigenvalue weighted by Crippen LogP contribution is -2.38. The van der Waals surface area contributed by atoms with E-state index in [1.807, 2.05) is 6.07 Å². The number of rotatable bonds is 4. The number of hydrogen-bond donors (Lipinski definition) is 1. The summed E-state index contributed by atoms with van der Waals surface area (Å²) in [7, 11) is 0. The van der Waals surface area contributed by atoms with Crippen LogP contribution in [0.5, 0.6) is 0 Å². The molecule has 1 aliphatic rings. The minimum atomic E-state index is -0.182. The van der Waals surface area contributed by atoms with Crippen molar-refractivity contribution >= 4 is 34.8 Å². The third-order valence-corrected chi connectivity index (χ3v) is 5.34. The number of nitrogens with zero attached hydrogens (tertiary/aromatic N) is 1. The number of likely N-dealkylation sites (tertiary alicyclic amines) is 1. The third-order valence-electron chi connectivity index (χ3n) is 4.52. The van der Waals surface area contributed by atoms with E-state index >= 15 is 0 Å². The van der Waals surface area contributed by atoms with Crippen LogP contribution in [0.4, 0.5) is 10.1 Å². The summed E-state index contributed by atoms with van der Waals surface area (Å²) in [4.78, 5) is 14.6. The SMILES string of the molecule is O=C(Nc1cccc(Cl)c1Cl)C1CCN(Cc2ccccc2F)CC1. The summed E-state index contributed by atoms with van der Waals surface area (Å²) in [6.07, 6.45) is 1.47. The minimum Gasteiger partial charge on any atom is -0.324 e. The van der Waals surface area contributed by atoms with E-state index in [4.69, 9.17) is 23.2 Å². The van der Waals surface area contributed by atoms with Crippen molar-refractivity contribution in [3.63, 3.8) is 0 Å². The van der Waals surface area contributed by atoms with E-state index in [-0.39, 0.29) is 17.6 Å². The van der Waals surface area contributed by atoms with Crippen LogP contribution in [-0.2, 0) is 11.3 Å². The Hall–Kier alpha value is -1.62. The predicted octanol–water partition coefficient (Wildman–Crippen LogP) is 4.98. The van der Waals surface area contributed by atoms with Crippen molar-refractivity contribution in [2.75, 3.05) is 18.4 Å². The van der Waals surface area contributed by atoms with Crippen molar-refractivity contribution in [3.8, 4) is 0 Å². The van der Waals surface area contributed by atoms with Gasteiger partial charge in [0, 0.05) is 18.0 Å². The number of nitrogens with one attached hydrogen (secondary N) is 1. The molecule has 0 aromatic heterocycles. The second-order valence-corrected chi connectivity index (χ2v) is 7.02. The number of halogens is 3. The fourth-order valence-electron chi connectivity index (χ4n) is 3.06. The zero-order valence-electron chi connectivity index (χ0n) is 13.6. The number of anilines is 1. The lowest BCUT2D eigenvalue weighted by atomic mass is 9.95. The van der Waals surface area contributed by atoms with Crippen molar-refractivity contribution in [3.05, 3.63) is 63.9 Å². The van der Waals surface area contributed by atoms with Gasteiger partial charge in [0.05, 0.1) is 15.7 Å². The highest BCUT2D eigenvalue weighted by molar-refractivity contribution is 6.44. The van der Waals surface area contributed by atoms with E-state index in [1.165, 1.54) is 6.07 Å². The van der Waals surface area contributed by atoms with Gasteiger partial charge in [-0.1, -0.05) is 47.5 Å². The maximum atomic E-state index is 13.7. The van der Waals surface area contributed by atoms with E-state index in [1.54, 1.807) is 30.3 Å². The molecule has 0 aliphatic carbocycles. The van der Waals surface area contributed by atoms with Gasteiger partial charge in [-0.2, -0.15) is 0 Å². The van der Waals surface area contributed by atoms with Crippen LogP contribution < -0.4 is 5.32 Å². The van der Waals surface area contributed by atoms with Crippen LogP contribution in [0.15, 0.2) is 42.5 Å². The molecule has 6 heteroatoms. The van der Waals surface area contributed by atoms with Crippen LogP contribution in [0.3, 0.4) is 0 Å². The van der Waals surface area contributed by atoms with Gasteiger partial charge in [-0.3, -0.25) is 9.69 Å². The number of hydrogen-bond acceptors (Lipinski definition) is 2. The minimum absolute atomic E-state index is 0.0466. The van der Waals surface area contributed by atoms with Gasteiger partial charge >= 0.3 is 0 Å². The molecule has 0 bridgehead atoms. The van der Waals surface area contributed by atoms with Crippen LogP contribution in [0, 0.1) is 11.7 Å². The Morgan fingerprint density at radius 3 is 2.56 bits per heavy atom. The normalized spacial score (nSPS) is 16.0. The van der Waals surface area contributed by atoms with E-state index < -0.39 is 0 Å². The molecular formula is C19H19Cl2FN2O. The molecule has 3 nitrogen and oxygen atoms in total. The Morgan fingerprint density at radius 1 is 1.12 bits per heavy atom. The number of carbonyl (C=O) groups is 1. The molecule has 1 saturated heterocycles. The number of piperidine rings is 1. The van der Waals surface area contributed by atoms with Gasteiger partial charge in [-0.15, -0.1) is 0 Å². The second kappa shape index (κ2) is 8.17. The largest absolute Gasteiger partial charge is 0.324 e. The van der Waals surface area contributed by atoms with Crippen molar-refractivity contribution in [1.82, 2.24) is 4.90 Å². The van der Waals surface area contributed by atoms with Crippen molar-refractivity contribution in [1.29, 1.82) is 0 Å². The lowest BCUT2D eigenvalue weighted by molar-refractivity contribution is -0.121. The Balaban J connectivity index is 1.54. The fraction of sp³-hybridized carbons (Fsp3) is 0.316. The van der Waals surface area contributed by atoms with E-state index in [2.05, 4.69) is 10.2 Å². The van der Waals surface area contributed by atoms with Crippen LogP contribution in [-0.4, -0.2) is 23.9 Å². The fourth-order valence-corrected chi connectivity index (χ4v) is 3.40. The summed E-state index contributed by atoms with van der Waals surface area (Å²) in [5, 5.41) is 3.63. The monoisotopic (exact) mass is 380 g/mol. The van der Waals surface area contributed by atoms with Crippen LogP contribution >= 0.6 is 23.2 Å². The third kappa shape index (κ3) is 4.51. The van der Waals surface area contributed by atoms with Gasteiger partial charge in [0.1, 0.15) is 5.82 Å². The summed E-state index contributed by atoms with van der Waals surface area (Å²) in [6.45, 7) is 2.09. The molecule has 0 unspecified atom stereocenters. The number of benzene rings is 2. The maximum absolute atomic E-state index is 13.7. The molecule has 0 atom stereocenters. The Bertz CT molecular complexity index is 761. The maximum Gasteiger partial charge on any atom is 0.227 e. The molecule has 1 fully saturated rings. The molecule has 2 aromatic carbocycles. The smallest absolute Gasteiger partial charge is 0.227 e. The highest BCUT2D eigenvalue weighted by Gasteiger charge is 2.26. The molecule has 1 heterocycles. The highest BCUT2D eigenvalue weighted by Crippen LogP contribution is 2.30. The standard InChI is InChI=1S/C19H19Cl2FN2O/c20-15-5-3-7-17(18(15)21)23-19(25)13-8-10-24(11-9-13)12-14-4-1-2-6-16(14)22/h1-7,13H,8-12H2,(H,23,25). The van der Waals surface area contributed by atoms with Crippen molar-refractivity contribution in [2.45, 2.75) is 19.4 Å². The molecule has 1 amide bonds. The summed E-state index contributed by atoms with van der Waals surface area (Å²) in [5.41, 5.74) is 1.23. The molecular weight excluding hydrogens is 362 g/mol.